The van der Waals surface area contributed by atoms with E-state index in [1.165, 1.54) is 6.07 Å². The van der Waals surface area contributed by atoms with Gasteiger partial charge in [-0.25, -0.2) is 0 Å². The Hall–Kier alpha value is -2.11. The molecule has 19 heavy (non-hydrogen) atoms. The molecule has 104 valence electrons. The molecule has 0 fully saturated rings. The number of rotatable bonds is 6. The third-order valence-corrected chi connectivity index (χ3v) is 2.73. The van der Waals surface area contributed by atoms with Crippen LogP contribution in [0.5, 0.6) is 0 Å². The lowest BCUT2D eigenvalue weighted by Crippen LogP contribution is -2.33. The van der Waals surface area contributed by atoms with E-state index in [2.05, 4.69) is 0 Å². The van der Waals surface area contributed by atoms with E-state index in [1.54, 1.807) is 24.0 Å². The maximum absolute atomic E-state index is 10.9. The summed E-state index contributed by atoms with van der Waals surface area (Å²) in [5.74, 6) is -0.690. The Morgan fingerprint density at radius 2 is 2.11 bits per heavy atom. The monoisotopic (exact) mass is 266 g/mol. The average Bonchev–Trinajstić information content (AvgIpc) is 2.26. The highest BCUT2D eigenvalue weighted by atomic mass is 16.6. The summed E-state index contributed by atoms with van der Waals surface area (Å²) in [4.78, 5) is 23.0. The molecule has 0 radical (unpaired) electrons. The molecule has 0 unspecified atom stereocenters. The molecule has 1 rings (SSSR count). The summed E-state index contributed by atoms with van der Waals surface area (Å²) in [5.41, 5.74) is 1.11. The van der Waals surface area contributed by atoms with Gasteiger partial charge in [-0.05, 0) is 18.9 Å². The van der Waals surface area contributed by atoms with Crippen molar-refractivity contribution < 1.29 is 14.8 Å². The van der Waals surface area contributed by atoms with Gasteiger partial charge in [-0.2, -0.15) is 0 Å². The van der Waals surface area contributed by atoms with Gasteiger partial charge in [-0.15, -0.1) is 0 Å². The molecule has 0 aliphatic rings. The van der Waals surface area contributed by atoms with Crippen molar-refractivity contribution in [2.75, 3.05) is 18.0 Å². The van der Waals surface area contributed by atoms with Gasteiger partial charge in [-0.3, -0.25) is 14.9 Å². The van der Waals surface area contributed by atoms with Gasteiger partial charge < -0.3 is 10.0 Å². The number of aliphatic carboxylic acids is 1. The highest BCUT2D eigenvalue weighted by Crippen LogP contribution is 2.28. The van der Waals surface area contributed by atoms with Crippen LogP contribution < -0.4 is 4.90 Å². The van der Waals surface area contributed by atoms with Crippen LogP contribution in [-0.2, 0) is 4.79 Å². The van der Waals surface area contributed by atoms with Crippen molar-refractivity contribution in [2.24, 2.45) is 5.92 Å². The molecule has 0 heterocycles. The highest BCUT2D eigenvalue weighted by Gasteiger charge is 2.19. The molecule has 6 nitrogen and oxygen atoms in total. The fraction of sp³-hybridized carbons (Fsp3) is 0.462. The molecular weight excluding hydrogens is 248 g/mol. The Bertz CT molecular complexity index is 486. The van der Waals surface area contributed by atoms with Crippen LogP contribution in [0.25, 0.3) is 0 Å². The maximum atomic E-state index is 10.9. The minimum absolute atomic E-state index is 0.0108. The summed E-state index contributed by atoms with van der Waals surface area (Å²) in [5, 5.41) is 19.9. The Morgan fingerprint density at radius 1 is 1.47 bits per heavy atom. The number of carboxylic acids is 1. The third kappa shape index (κ3) is 3.94. The molecule has 0 atom stereocenters. The van der Waals surface area contributed by atoms with Crippen molar-refractivity contribution in [1.82, 2.24) is 0 Å². The number of nitro benzene ring substituents is 1. The lowest BCUT2D eigenvalue weighted by atomic mass is 10.1. The number of benzene rings is 1. The van der Waals surface area contributed by atoms with E-state index < -0.39 is 10.9 Å². The molecule has 0 amide bonds. The Labute approximate surface area is 111 Å². The summed E-state index contributed by atoms with van der Waals surface area (Å²) in [6.45, 7) is 5.96. The van der Waals surface area contributed by atoms with Crippen LogP contribution in [0.4, 0.5) is 11.4 Å². The van der Waals surface area contributed by atoms with Crippen molar-refractivity contribution in [2.45, 2.75) is 20.8 Å². The maximum Gasteiger partial charge on any atom is 0.323 e. The van der Waals surface area contributed by atoms with Crippen molar-refractivity contribution in [3.05, 3.63) is 33.9 Å². The summed E-state index contributed by atoms with van der Waals surface area (Å²) < 4.78 is 0. The molecule has 0 saturated carbocycles. The molecule has 0 bridgehead atoms. The van der Waals surface area contributed by atoms with Gasteiger partial charge in [0.1, 0.15) is 6.54 Å². The molecule has 6 heteroatoms. The van der Waals surface area contributed by atoms with Crippen LogP contribution in [0.2, 0.25) is 0 Å². The minimum Gasteiger partial charge on any atom is -0.480 e. The number of nitro groups is 1. The van der Waals surface area contributed by atoms with E-state index in [9.17, 15) is 14.9 Å². The van der Waals surface area contributed by atoms with Crippen LogP contribution in [-0.4, -0.2) is 29.1 Å². The molecule has 0 aliphatic carbocycles. The zero-order valence-electron chi connectivity index (χ0n) is 11.3. The van der Waals surface area contributed by atoms with Crippen LogP contribution in [0.1, 0.15) is 19.4 Å². The summed E-state index contributed by atoms with van der Waals surface area (Å²) in [6.07, 6.45) is 0. The second kappa shape index (κ2) is 6.17. The Balaban J connectivity index is 3.18. The van der Waals surface area contributed by atoms with E-state index in [4.69, 9.17) is 5.11 Å². The summed E-state index contributed by atoms with van der Waals surface area (Å²) >= 11 is 0. The molecule has 0 spiro atoms. The Kier molecular flexibility index (Phi) is 4.86. The molecule has 1 N–H and O–H groups in total. The first-order valence-electron chi connectivity index (χ1n) is 6.03. The van der Waals surface area contributed by atoms with Crippen LogP contribution in [0.15, 0.2) is 18.2 Å². The predicted octanol–water partition coefficient (Wildman–Crippen LogP) is 2.45. The highest BCUT2D eigenvalue weighted by molar-refractivity contribution is 5.75. The largest absolute Gasteiger partial charge is 0.480 e. The van der Waals surface area contributed by atoms with Gasteiger partial charge in [0.2, 0.25) is 0 Å². The first kappa shape index (κ1) is 14.9. The molecule has 1 aromatic rings. The number of nitrogens with zero attached hydrogens (tertiary/aromatic N) is 2. The summed E-state index contributed by atoms with van der Waals surface area (Å²) in [6, 6.07) is 4.72. The predicted molar refractivity (Wildman–Crippen MR) is 72.5 cm³/mol. The fourth-order valence-corrected chi connectivity index (χ4v) is 2.00. The standard InChI is InChI=1S/C13H18N2O4/c1-9(2)7-14(8-13(16)17)11-5-4-6-12(10(11)3)15(18)19/h4-6,9H,7-8H2,1-3H3,(H,16,17). The van der Waals surface area contributed by atoms with Gasteiger partial charge in [0.15, 0.2) is 0 Å². The van der Waals surface area contributed by atoms with Crippen molar-refractivity contribution in [3.63, 3.8) is 0 Å². The number of hydrogen-bond donors (Lipinski definition) is 1. The molecular formula is C13H18N2O4. The van der Waals surface area contributed by atoms with Crippen molar-refractivity contribution in [1.29, 1.82) is 0 Å². The Morgan fingerprint density at radius 3 is 2.58 bits per heavy atom. The number of carbonyl (C=O) groups is 1. The lowest BCUT2D eigenvalue weighted by molar-refractivity contribution is -0.385. The fourth-order valence-electron chi connectivity index (χ4n) is 2.00. The first-order valence-corrected chi connectivity index (χ1v) is 6.03. The van der Waals surface area contributed by atoms with Gasteiger partial charge in [0.05, 0.1) is 10.5 Å². The molecule has 0 aromatic heterocycles. The molecule has 0 aliphatic heterocycles. The topological polar surface area (TPSA) is 83.7 Å². The zero-order chi connectivity index (χ0) is 14.6. The quantitative estimate of drug-likeness (QED) is 0.631. The summed E-state index contributed by atoms with van der Waals surface area (Å²) in [7, 11) is 0. The van der Waals surface area contributed by atoms with Crippen LogP contribution >= 0.6 is 0 Å². The number of hydrogen-bond acceptors (Lipinski definition) is 4. The van der Waals surface area contributed by atoms with Crippen LogP contribution in [0, 0.1) is 23.0 Å². The smallest absolute Gasteiger partial charge is 0.323 e. The molecule has 1 aromatic carbocycles. The SMILES string of the molecule is Cc1c(N(CC(=O)O)CC(C)C)cccc1[N+](=O)[O-]. The van der Waals surface area contributed by atoms with E-state index in [0.29, 0.717) is 17.8 Å². The van der Waals surface area contributed by atoms with Crippen molar-refractivity contribution >= 4 is 17.3 Å². The minimum atomic E-state index is -0.952. The zero-order valence-corrected chi connectivity index (χ0v) is 11.3. The van der Waals surface area contributed by atoms with Crippen LogP contribution in [0.3, 0.4) is 0 Å². The van der Waals surface area contributed by atoms with Gasteiger partial charge in [0.25, 0.3) is 5.69 Å². The third-order valence-electron chi connectivity index (χ3n) is 2.73. The van der Waals surface area contributed by atoms with E-state index in [-0.39, 0.29) is 18.2 Å². The number of anilines is 1. The van der Waals surface area contributed by atoms with Gasteiger partial charge >= 0.3 is 5.97 Å². The second-order valence-corrected chi connectivity index (χ2v) is 4.85. The van der Waals surface area contributed by atoms with Gasteiger partial charge in [-0.1, -0.05) is 19.9 Å². The van der Waals surface area contributed by atoms with E-state index in [1.807, 2.05) is 13.8 Å². The normalized spacial score (nSPS) is 10.5. The van der Waals surface area contributed by atoms with Gasteiger partial charge in [0, 0.05) is 18.3 Å². The van der Waals surface area contributed by atoms with Crippen molar-refractivity contribution in [3.8, 4) is 0 Å². The average molecular weight is 266 g/mol. The lowest BCUT2D eigenvalue weighted by Gasteiger charge is -2.26. The first-order chi connectivity index (χ1) is 8.82. The molecule has 0 saturated heterocycles. The van der Waals surface area contributed by atoms with E-state index >= 15 is 0 Å². The van der Waals surface area contributed by atoms with E-state index in [0.717, 1.165) is 0 Å². The number of carboxylic acid groups (broad SMARTS) is 1. The second-order valence-electron chi connectivity index (χ2n) is 4.85.